The maximum Gasteiger partial charge on any atom is 0.176 e. The predicted molar refractivity (Wildman–Crippen MR) is 72.7 cm³/mol. The highest BCUT2D eigenvalue weighted by molar-refractivity contribution is 5.97. The number of aliphatic hydroxyl groups excluding tert-OH is 1. The number of hydrogen-bond acceptors (Lipinski definition) is 5. The summed E-state index contributed by atoms with van der Waals surface area (Å²) in [6, 6.07) is 7.04. The van der Waals surface area contributed by atoms with Crippen molar-refractivity contribution in [3.8, 4) is 5.75 Å². The topological polar surface area (TPSA) is 59.0 Å². The van der Waals surface area contributed by atoms with Crippen molar-refractivity contribution in [1.29, 1.82) is 0 Å². The first-order valence-corrected chi connectivity index (χ1v) is 6.09. The van der Waals surface area contributed by atoms with Crippen molar-refractivity contribution in [2.75, 3.05) is 41.0 Å². The van der Waals surface area contributed by atoms with Gasteiger partial charge in [0.25, 0.3) is 0 Å². The average Bonchev–Trinajstić information content (AvgIpc) is 2.38. The summed E-state index contributed by atoms with van der Waals surface area (Å²) >= 11 is 0. The molecule has 0 aliphatic carbocycles. The van der Waals surface area contributed by atoms with E-state index in [-0.39, 0.29) is 18.9 Å². The molecule has 0 aliphatic rings. The Bertz CT molecular complexity index is 408. The summed E-state index contributed by atoms with van der Waals surface area (Å²) in [5, 5.41) is 9.59. The molecular formula is C14H21NO4. The lowest BCUT2D eigenvalue weighted by Gasteiger charge is -2.19. The van der Waals surface area contributed by atoms with Crippen LogP contribution in [-0.2, 0) is 4.74 Å². The van der Waals surface area contributed by atoms with Crippen LogP contribution in [-0.4, -0.2) is 62.9 Å². The molecule has 0 bridgehead atoms. The van der Waals surface area contributed by atoms with Gasteiger partial charge in [-0.15, -0.1) is 0 Å². The van der Waals surface area contributed by atoms with E-state index in [0.717, 1.165) is 0 Å². The van der Waals surface area contributed by atoms with Crippen molar-refractivity contribution in [3.63, 3.8) is 0 Å². The summed E-state index contributed by atoms with van der Waals surface area (Å²) < 4.78 is 9.93. The van der Waals surface area contributed by atoms with E-state index in [1.165, 1.54) is 7.11 Å². The number of likely N-dealkylation sites (N-methyl/N-ethyl adjacent to an activating group) is 1. The van der Waals surface area contributed by atoms with Gasteiger partial charge in [0.05, 0.1) is 26.4 Å². The summed E-state index contributed by atoms with van der Waals surface area (Å²) in [7, 11) is 4.89. The molecule has 1 rings (SSSR count). The third kappa shape index (κ3) is 5.38. The van der Waals surface area contributed by atoms with Crippen LogP contribution >= 0.6 is 0 Å². The summed E-state index contributed by atoms with van der Waals surface area (Å²) in [4.78, 5) is 13.8. The molecule has 19 heavy (non-hydrogen) atoms. The molecule has 0 saturated heterocycles. The number of benzene rings is 1. The SMILES string of the molecule is COCC(O)CN(C)CC(=O)c1cccc(OC)c1. The van der Waals surface area contributed by atoms with Gasteiger partial charge in [-0.05, 0) is 19.2 Å². The fourth-order valence-corrected chi connectivity index (χ4v) is 1.80. The molecule has 106 valence electrons. The highest BCUT2D eigenvalue weighted by atomic mass is 16.5. The smallest absolute Gasteiger partial charge is 0.176 e. The molecule has 1 unspecified atom stereocenters. The van der Waals surface area contributed by atoms with E-state index in [4.69, 9.17) is 9.47 Å². The Morgan fingerprint density at radius 1 is 1.42 bits per heavy atom. The quantitative estimate of drug-likeness (QED) is 0.707. The Labute approximate surface area is 113 Å². The normalized spacial score (nSPS) is 12.5. The summed E-state index contributed by atoms with van der Waals surface area (Å²) in [6.07, 6.45) is -0.590. The lowest BCUT2D eigenvalue weighted by atomic mass is 10.1. The van der Waals surface area contributed by atoms with E-state index < -0.39 is 6.10 Å². The van der Waals surface area contributed by atoms with Crippen LogP contribution < -0.4 is 4.74 Å². The maximum atomic E-state index is 12.1. The molecule has 0 aromatic heterocycles. The fourth-order valence-electron chi connectivity index (χ4n) is 1.80. The molecular weight excluding hydrogens is 246 g/mol. The van der Waals surface area contributed by atoms with Gasteiger partial charge in [-0.25, -0.2) is 0 Å². The summed E-state index contributed by atoms with van der Waals surface area (Å²) in [5.41, 5.74) is 0.604. The van der Waals surface area contributed by atoms with Gasteiger partial charge in [-0.1, -0.05) is 12.1 Å². The second-order valence-electron chi connectivity index (χ2n) is 4.46. The largest absolute Gasteiger partial charge is 0.497 e. The van der Waals surface area contributed by atoms with Gasteiger partial charge in [0.2, 0.25) is 0 Å². The van der Waals surface area contributed by atoms with E-state index in [1.54, 1.807) is 43.3 Å². The van der Waals surface area contributed by atoms with Crippen LogP contribution in [0.25, 0.3) is 0 Å². The van der Waals surface area contributed by atoms with Crippen LogP contribution in [0.4, 0.5) is 0 Å². The number of Topliss-reactive ketones (excluding diaryl/α,β-unsaturated/α-hetero) is 1. The van der Waals surface area contributed by atoms with Crippen molar-refractivity contribution < 1.29 is 19.4 Å². The van der Waals surface area contributed by atoms with Crippen molar-refractivity contribution in [1.82, 2.24) is 4.90 Å². The molecule has 1 aromatic carbocycles. The third-order valence-electron chi connectivity index (χ3n) is 2.69. The van der Waals surface area contributed by atoms with Crippen molar-refractivity contribution in [2.45, 2.75) is 6.10 Å². The van der Waals surface area contributed by atoms with Crippen LogP contribution in [0.1, 0.15) is 10.4 Å². The van der Waals surface area contributed by atoms with Crippen LogP contribution in [0.3, 0.4) is 0 Å². The van der Waals surface area contributed by atoms with Gasteiger partial charge in [-0.3, -0.25) is 9.69 Å². The van der Waals surface area contributed by atoms with E-state index >= 15 is 0 Å². The number of hydrogen-bond donors (Lipinski definition) is 1. The molecule has 1 aromatic rings. The molecule has 0 spiro atoms. The highest BCUT2D eigenvalue weighted by Gasteiger charge is 2.13. The Morgan fingerprint density at radius 2 is 2.16 bits per heavy atom. The first-order valence-electron chi connectivity index (χ1n) is 6.09. The van der Waals surface area contributed by atoms with Crippen LogP contribution in [0.15, 0.2) is 24.3 Å². The molecule has 0 heterocycles. The highest BCUT2D eigenvalue weighted by Crippen LogP contribution is 2.13. The lowest BCUT2D eigenvalue weighted by molar-refractivity contribution is 0.0427. The predicted octanol–water partition coefficient (Wildman–Crippen LogP) is 0.817. The molecule has 0 aliphatic heterocycles. The maximum absolute atomic E-state index is 12.1. The molecule has 0 fully saturated rings. The number of aliphatic hydroxyl groups is 1. The number of methoxy groups -OCH3 is 2. The van der Waals surface area contributed by atoms with Crippen LogP contribution in [0, 0.1) is 0 Å². The Kier molecular flexibility index (Phi) is 6.49. The van der Waals surface area contributed by atoms with Crippen molar-refractivity contribution >= 4 is 5.78 Å². The fraction of sp³-hybridized carbons (Fsp3) is 0.500. The van der Waals surface area contributed by atoms with Gasteiger partial charge in [0.15, 0.2) is 5.78 Å². The minimum absolute atomic E-state index is 0.00832. The standard InChI is InChI=1S/C14H21NO4/c1-15(8-12(16)10-18-2)9-14(17)11-5-4-6-13(7-11)19-3/h4-7,12,16H,8-10H2,1-3H3. The van der Waals surface area contributed by atoms with Gasteiger partial charge in [-0.2, -0.15) is 0 Å². The number of ketones is 1. The number of ether oxygens (including phenoxy) is 2. The summed E-state index contributed by atoms with van der Waals surface area (Å²) in [6.45, 7) is 0.898. The molecule has 0 radical (unpaired) electrons. The van der Waals surface area contributed by atoms with Gasteiger partial charge >= 0.3 is 0 Å². The summed E-state index contributed by atoms with van der Waals surface area (Å²) in [5.74, 6) is 0.652. The van der Waals surface area contributed by atoms with Gasteiger partial charge in [0, 0.05) is 19.2 Å². The van der Waals surface area contributed by atoms with Crippen LogP contribution in [0.2, 0.25) is 0 Å². The molecule has 1 N–H and O–H groups in total. The van der Waals surface area contributed by atoms with E-state index in [1.807, 2.05) is 0 Å². The number of nitrogens with zero attached hydrogens (tertiary/aromatic N) is 1. The Hall–Kier alpha value is -1.43. The molecule has 5 heteroatoms. The Morgan fingerprint density at radius 3 is 2.79 bits per heavy atom. The third-order valence-corrected chi connectivity index (χ3v) is 2.69. The molecule has 0 saturated carbocycles. The lowest BCUT2D eigenvalue weighted by Crippen LogP contribution is -2.35. The van der Waals surface area contributed by atoms with E-state index in [2.05, 4.69) is 0 Å². The second kappa shape index (κ2) is 7.89. The van der Waals surface area contributed by atoms with E-state index in [0.29, 0.717) is 17.9 Å². The zero-order valence-corrected chi connectivity index (χ0v) is 11.6. The van der Waals surface area contributed by atoms with Crippen molar-refractivity contribution in [3.05, 3.63) is 29.8 Å². The first-order chi connectivity index (χ1) is 9.06. The zero-order valence-electron chi connectivity index (χ0n) is 11.6. The monoisotopic (exact) mass is 267 g/mol. The molecule has 5 nitrogen and oxygen atoms in total. The molecule has 0 amide bonds. The van der Waals surface area contributed by atoms with Crippen molar-refractivity contribution in [2.24, 2.45) is 0 Å². The second-order valence-corrected chi connectivity index (χ2v) is 4.46. The molecule has 1 atom stereocenters. The minimum atomic E-state index is -0.590. The minimum Gasteiger partial charge on any atom is -0.497 e. The Balaban J connectivity index is 2.53. The van der Waals surface area contributed by atoms with Gasteiger partial charge in [0.1, 0.15) is 5.75 Å². The van der Waals surface area contributed by atoms with Gasteiger partial charge < -0.3 is 14.6 Å². The zero-order chi connectivity index (χ0) is 14.3. The average molecular weight is 267 g/mol. The number of carbonyl (C=O) groups excluding carboxylic acids is 1. The number of rotatable bonds is 8. The van der Waals surface area contributed by atoms with Crippen LogP contribution in [0.5, 0.6) is 5.75 Å². The van der Waals surface area contributed by atoms with E-state index in [9.17, 15) is 9.90 Å². The number of carbonyl (C=O) groups is 1. The first kappa shape index (κ1) is 15.6.